The minimum Gasteiger partial charge on any atom is -0.464 e. The van der Waals surface area contributed by atoms with E-state index in [0.29, 0.717) is 24.1 Å². The average molecular weight is 363 g/mol. The summed E-state index contributed by atoms with van der Waals surface area (Å²) in [6, 6.07) is 10.8. The van der Waals surface area contributed by atoms with Crippen molar-refractivity contribution in [2.75, 3.05) is 7.05 Å². The molecule has 3 aromatic heterocycles. The highest BCUT2D eigenvalue weighted by Crippen LogP contribution is 2.47. The number of carbonyl (C=O) groups excluding carboxylic acids is 1. The van der Waals surface area contributed by atoms with Gasteiger partial charge in [0.1, 0.15) is 17.1 Å². The van der Waals surface area contributed by atoms with Gasteiger partial charge in [-0.25, -0.2) is 0 Å². The molecule has 0 aromatic carbocycles. The summed E-state index contributed by atoms with van der Waals surface area (Å²) in [5.74, 6) is 2.54. The number of rotatable bonds is 5. The third-order valence-corrected chi connectivity index (χ3v) is 5.03. The number of hydrogen-bond acceptors (Lipinski definition) is 4. The molecule has 0 aliphatic heterocycles. The van der Waals surface area contributed by atoms with Crippen LogP contribution in [-0.4, -0.2) is 27.8 Å². The molecule has 27 heavy (non-hydrogen) atoms. The predicted molar refractivity (Wildman–Crippen MR) is 101 cm³/mol. The van der Waals surface area contributed by atoms with Crippen LogP contribution in [0.5, 0.6) is 0 Å². The second-order valence-corrected chi connectivity index (χ2v) is 7.14. The van der Waals surface area contributed by atoms with Crippen molar-refractivity contribution in [2.45, 2.75) is 25.8 Å². The summed E-state index contributed by atoms with van der Waals surface area (Å²) in [7, 11) is 1.67. The van der Waals surface area contributed by atoms with Crippen LogP contribution in [0.15, 0.2) is 58.0 Å². The average Bonchev–Trinajstić information content (AvgIpc) is 3.23. The lowest BCUT2D eigenvalue weighted by Crippen LogP contribution is -2.31. The highest BCUT2D eigenvalue weighted by Gasteiger charge is 2.36. The van der Waals surface area contributed by atoms with Gasteiger partial charge in [-0.1, -0.05) is 6.92 Å². The van der Waals surface area contributed by atoms with E-state index in [0.717, 1.165) is 23.5 Å². The Morgan fingerprint density at radius 1 is 1.22 bits per heavy atom. The maximum Gasteiger partial charge on any atom is 0.261 e. The molecule has 0 radical (unpaired) electrons. The summed E-state index contributed by atoms with van der Waals surface area (Å²) in [6.45, 7) is 2.52. The monoisotopic (exact) mass is 363 g/mol. The van der Waals surface area contributed by atoms with Crippen LogP contribution in [-0.2, 0) is 6.54 Å². The first-order valence-electron chi connectivity index (χ1n) is 9.00. The Kier molecular flexibility index (Phi) is 4.39. The molecule has 0 spiro atoms. The van der Waals surface area contributed by atoms with Crippen LogP contribution in [0.3, 0.4) is 0 Å². The first-order valence-corrected chi connectivity index (χ1v) is 9.00. The van der Waals surface area contributed by atoms with Gasteiger partial charge in [0.2, 0.25) is 0 Å². The number of furan rings is 1. The van der Waals surface area contributed by atoms with Gasteiger partial charge >= 0.3 is 0 Å². The molecular formula is C21H21N3O3. The van der Waals surface area contributed by atoms with E-state index in [9.17, 15) is 9.59 Å². The van der Waals surface area contributed by atoms with E-state index in [4.69, 9.17) is 4.42 Å². The fourth-order valence-electron chi connectivity index (χ4n) is 3.25. The molecular weight excluding hydrogens is 342 g/mol. The molecule has 2 atom stereocenters. The molecule has 1 saturated carbocycles. The van der Waals surface area contributed by atoms with Crippen LogP contribution >= 0.6 is 0 Å². The van der Waals surface area contributed by atoms with E-state index in [1.807, 2.05) is 12.1 Å². The second-order valence-electron chi connectivity index (χ2n) is 7.14. The molecule has 0 saturated heterocycles. The SMILES string of the molecule is C[C@H]1C[C@@H]1c1ccc(CN(C)C(=O)c2ccc(-c3ccncc3)[nH]c2=O)o1. The smallest absolute Gasteiger partial charge is 0.261 e. The second kappa shape index (κ2) is 6.87. The van der Waals surface area contributed by atoms with Crippen LogP contribution in [0.25, 0.3) is 11.3 Å². The number of pyridine rings is 2. The molecule has 138 valence electrons. The van der Waals surface area contributed by atoms with Gasteiger partial charge in [-0.05, 0) is 48.7 Å². The number of nitrogens with zero attached hydrogens (tertiary/aromatic N) is 2. The fraction of sp³-hybridized carbons (Fsp3) is 0.286. The summed E-state index contributed by atoms with van der Waals surface area (Å²) in [4.78, 5) is 33.3. The van der Waals surface area contributed by atoms with Gasteiger partial charge in [0, 0.05) is 36.6 Å². The van der Waals surface area contributed by atoms with E-state index in [2.05, 4.69) is 16.9 Å². The van der Waals surface area contributed by atoms with Gasteiger partial charge < -0.3 is 14.3 Å². The number of nitrogens with one attached hydrogen (secondary N) is 1. The standard InChI is InChI=1S/C21H21N3O3/c1-13-11-17(13)19-6-3-15(27-19)12-24(2)21(26)16-4-5-18(23-20(16)25)14-7-9-22-10-8-14/h3-10,13,17H,11-12H2,1-2H3,(H,23,25)/t13-,17-/m0/s1. The van der Waals surface area contributed by atoms with E-state index in [1.165, 1.54) is 4.90 Å². The molecule has 6 nitrogen and oxygen atoms in total. The molecule has 0 unspecified atom stereocenters. The Labute approximate surface area is 156 Å². The number of aromatic amines is 1. The van der Waals surface area contributed by atoms with Gasteiger partial charge in [-0.2, -0.15) is 0 Å². The normalized spacial score (nSPS) is 18.3. The van der Waals surface area contributed by atoms with Crippen LogP contribution < -0.4 is 5.56 Å². The van der Waals surface area contributed by atoms with E-state index in [-0.39, 0.29) is 11.5 Å². The largest absolute Gasteiger partial charge is 0.464 e. The molecule has 3 heterocycles. The minimum absolute atomic E-state index is 0.109. The molecule has 4 rings (SSSR count). The molecule has 6 heteroatoms. The van der Waals surface area contributed by atoms with Crippen molar-refractivity contribution in [2.24, 2.45) is 5.92 Å². The summed E-state index contributed by atoms with van der Waals surface area (Å²) in [5.41, 5.74) is 1.19. The zero-order chi connectivity index (χ0) is 19.0. The van der Waals surface area contributed by atoms with Crippen LogP contribution in [0.4, 0.5) is 0 Å². The van der Waals surface area contributed by atoms with Crippen LogP contribution in [0.2, 0.25) is 0 Å². The van der Waals surface area contributed by atoms with Gasteiger partial charge in [-0.15, -0.1) is 0 Å². The van der Waals surface area contributed by atoms with E-state index < -0.39 is 5.56 Å². The highest BCUT2D eigenvalue weighted by atomic mass is 16.3. The Balaban J connectivity index is 1.48. The molecule has 1 aliphatic carbocycles. The molecule has 1 amide bonds. The van der Waals surface area contributed by atoms with Crippen molar-refractivity contribution in [3.63, 3.8) is 0 Å². The van der Waals surface area contributed by atoms with Crippen molar-refractivity contribution < 1.29 is 9.21 Å². The van der Waals surface area contributed by atoms with Crippen molar-refractivity contribution in [1.29, 1.82) is 0 Å². The topological polar surface area (TPSA) is 79.2 Å². The molecule has 0 bridgehead atoms. The number of aromatic nitrogens is 2. The minimum atomic E-state index is -0.409. The number of hydrogen-bond donors (Lipinski definition) is 1. The fourth-order valence-corrected chi connectivity index (χ4v) is 3.25. The van der Waals surface area contributed by atoms with Gasteiger partial charge in [0.05, 0.1) is 6.54 Å². The van der Waals surface area contributed by atoms with Crippen molar-refractivity contribution in [1.82, 2.24) is 14.9 Å². The van der Waals surface area contributed by atoms with Crippen LogP contribution in [0.1, 0.15) is 41.1 Å². The summed E-state index contributed by atoms with van der Waals surface area (Å²) in [5, 5.41) is 0. The summed E-state index contributed by atoms with van der Waals surface area (Å²) >= 11 is 0. The number of amides is 1. The van der Waals surface area contributed by atoms with E-state index >= 15 is 0 Å². The zero-order valence-electron chi connectivity index (χ0n) is 15.3. The van der Waals surface area contributed by atoms with Crippen LogP contribution in [0, 0.1) is 5.92 Å². The highest BCUT2D eigenvalue weighted by molar-refractivity contribution is 5.93. The molecule has 1 aliphatic rings. The Morgan fingerprint density at radius 3 is 2.63 bits per heavy atom. The number of H-pyrrole nitrogens is 1. The maximum absolute atomic E-state index is 12.7. The zero-order valence-corrected chi connectivity index (χ0v) is 15.3. The molecule has 3 aromatic rings. The predicted octanol–water partition coefficient (Wildman–Crippen LogP) is 3.43. The lowest BCUT2D eigenvalue weighted by atomic mass is 10.1. The van der Waals surface area contributed by atoms with Crippen molar-refractivity contribution >= 4 is 5.91 Å². The Morgan fingerprint density at radius 2 is 1.96 bits per heavy atom. The van der Waals surface area contributed by atoms with Crippen molar-refractivity contribution in [3.05, 3.63) is 76.2 Å². The van der Waals surface area contributed by atoms with E-state index in [1.54, 1.807) is 43.7 Å². The third kappa shape index (κ3) is 3.56. The van der Waals surface area contributed by atoms with Gasteiger partial charge in [0.25, 0.3) is 11.5 Å². The van der Waals surface area contributed by atoms with Gasteiger partial charge in [0.15, 0.2) is 0 Å². The summed E-state index contributed by atoms with van der Waals surface area (Å²) in [6.07, 6.45) is 4.46. The first-order chi connectivity index (χ1) is 13.0. The lowest BCUT2D eigenvalue weighted by Gasteiger charge is -2.15. The molecule has 1 fully saturated rings. The van der Waals surface area contributed by atoms with Gasteiger partial charge in [-0.3, -0.25) is 14.6 Å². The molecule has 1 N–H and O–H groups in total. The lowest BCUT2D eigenvalue weighted by molar-refractivity contribution is 0.0773. The maximum atomic E-state index is 12.7. The summed E-state index contributed by atoms with van der Waals surface area (Å²) < 4.78 is 5.86. The van der Waals surface area contributed by atoms with Crippen molar-refractivity contribution in [3.8, 4) is 11.3 Å². The Hall–Kier alpha value is -3.15. The first kappa shape index (κ1) is 17.3. The number of carbonyl (C=O) groups is 1. The quantitative estimate of drug-likeness (QED) is 0.753. The third-order valence-electron chi connectivity index (χ3n) is 5.03. The Bertz CT molecular complexity index is 1020.